The first kappa shape index (κ1) is 13.5. The van der Waals surface area contributed by atoms with Crippen LogP contribution in [0.1, 0.15) is 10.6 Å². The maximum absolute atomic E-state index is 11.5. The fraction of sp³-hybridized carbons (Fsp3) is 0.444. The van der Waals surface area contributed by atoms with Crippen molar-refractivity contribution in [1.29, 1.82) is 0 Å². The highest BCUT2D eigenvalue weighted by Crippen LogP contribution is 2.04. The quantitative estimate of drug-likeness (QED) is 0.735. The summed E-state index contributed by atoms with van der Waals surface area (Å²) >= 11 is 1.04. The fourth-order valence-electron chi connectivity index (χ4n) is 1.02. The summed E-state index contributed by atoms with van der Waals surface area (Å²) in [4.78, 5) is 33.1. The maximum atomic E-state index is 11.5. The van der Waals surface area contributed by atoms with Crippen LogP contribution in [0.3, 0.4) is 0 Å². The maximum Gasteiger partial charge on any atom is 0.321 e. The summed E-state index contributed by atoms with van der Waals surface area (Å²) in [6, 6.07) is 0.175. The van der Waals surface area contributed by atoms with Gasteiger partial charge in [-0.25, -0.2) is 0 Å². The highest BCUT2D eigenvalue weighted by Gasteiger charge is 2.15. The number of carbonyl (C=O) groups excluding carboxylic acids is 1. The summed E-state index contributed by atoms with van der Waals surface area (Å²) in [5.41, 5.74) is 4.72. The molecule has 7 nitrogen and oxygen atoms in total. The van der Waals surface area contributed by atoms with Gasteiger partial charge in [0, 0.05) is 11.8 Å². The zero-order valence-electron chi connectivity index (χ0n) is 9.08. The number of carbonyl (C=O) groups is 2. The number of carboxylic acid groups (broad SMARTS) is 1. The zero-order chi connectivity index (χ0) is 13.0. The van der Waals surface area contributed by atoms with Crippen molar-refractivity contribution in [2.45, 2.75) is 13.0 Å². The molecule has 3 N–H and O–H groups in total. The van der Waals surface area contributed by atoms with Gasteiger partial charge in [0.05, 0.1) is 5.75 Å². The normalized spacial score (nSPS) is 12.4. The Hall–Kier alpha value is -1.54. The van der Waals surface area contributed by atoms with Crippen molar-refractivity contribution < 1.29 is 19.2 Å². The minimum Gasteiger partial charge on any atom is -0.480 e. The van der Waals surface area contributed by atoms with Gasteiger partial charge < -0.3 is 15.4 Å². The first-order chi connectivity index (χ1) is 7.91. The zero-order valence-corrected chi connectivity index (χ0v) is 9.90. The molecule has 1 aromatic heterocycles. The second kappa shape index (κ2) is 5.69. The van der Waals surface area contributed by atoms with Crippen LogP contribution >= 0.6 is 11.8 Å². The fourth-order valence-corrected chi connectivity index (χ4v) is 1.83. The van der Waals surface area contributed by atoms with Crippen LogP contribution in [0.4, 0.5) is 0 Å². The van der Waals surface area contributed by atoms with Crippen LogP contribution in [-0.4, -0.2) is 39.3 Å². The van der Waals surface area contributed by atoms with Gasteiger partial charge in [0.1, 0.15) is 11.8 Å². The standard InChI is InChI=1S/C9H12N2O5S/c1-5-2-7(12)11(16-5)8(13)4-17-3-6(10)9(14)15/h2,6H,3-4,10H2,1H3,(H,14,15)/t6-/m1/s1. The number of rotatable bonds is 5. The van der Waals surface area contributed by atoms with E-state index >= 15 is 0 Å². The number of aryl methyl sites for hydroxylation is 1. The average Bonchev–Trinajstić information content (AvgIpc) is 2.57. The minimum atomic E-state index is -1.13. The Morgan fingerprint density at radius 2 is 2.29 bits per heavy atom. The largest absolute Gasteiger partial charge is 0.480 e. The smallest absolute Gasteiger partial charge is 0.321 e. The Morgan fingerprint density at radius 3 is 2.76 bits per heavy atom. The van der Waals surface area contributed by atoms with Crippen LogP contribution in [0.2, 0.25) is 0 Å². The van der Waals surface area contributed by atoms with E-state index < -0.39 is 23.5 Å². The Labute approximate surface area is 101 Å². The molecule has 0 aromatic carbocycles. The molecule has 8 heteroatoms. The first-order valence-electron chi connectivity index (χ1n) is 4.71. The lowest BCUT2D eigenvalue weighted by molar-refractivity contribution is -0.137. The second-order valence-electron chi connectivity index (χ2n) is 3.33. The van der Waals surface area contributed by atoms with Crippen molar-refractivity contribution in [3.8, 4) is 0 Å². The average molecular weight is 260 g/mol. The number of thioether (sulfide) groups is 1. The molecule has 17 heavy (non-hydrogen) atoms. The third-order valence-electron chi connectivity index (χ3n) is 1.83. The molecule has 1 atom stereocenters. The molecule has 0 amide bonds. The van der Waals surface area contributed by atoms with Gasteiger partial charge in [0.15, 0.2) is 0 Å². The van der Waals surface area contributed by atoms with E-state index in [0.717, 1.165) is 11.8 Å². The van der Waals surface area contributed by atoms with Gasteiger partial charge in [0.25, 0.3) is 11.5 Å². The molecule has 94 valence electrons. The van der Waals surface area contributed by atoms with E-state index in [1.807, 2.05) is 0 Å². The Kier molecular flexibility index (Phi) is 4.53. The molecule has 0 fully saturated rings. The molecule has 0 unspecified atom stereocenters. The summed E-state index contributed by atoms with van der Waals surface area (Å²) in [6.07, 6.45) is 0. The van der Waals surface area contributed by atoms with E-state index in [1.165, 1.54) is 6.07 Å². The van der Waals surface area contributed by atoms with Crippen LogP contribution < -0.4 is 11.3 Å². The van der Waals surface area contributed by atoms with Crippen molar-refractivity contribution in [2.75, 3.05) is 11.5 Å². The molecule has 0 aliphatic carbocycles. The monoisotopic (exact) mass is 260 g/mol. The highest BCUT2D eigenvalue weighted by atomic mass is 32.2. The lowest BCUT2D eigenvalue weighted by atomic mass is 10.4. The van der Waals surface area contributed by atoms with Crippen LogP contribution in [0.15, 0.2) is 15.4 Å². The number of nitrogens with zero attached hydrogens (tertiary/aromatic N) is 1. The molecular weight excluding hydrogens is 248 g/mol. The number of hydrogen-bond acceptors (Lipinski definition) is 6. The molecule has 1 aromatic rings. The van der Waals surface area contributed by atoms with Gasteiger partial charge >= 0.3 is 5.97 Å². The van der Waals surface area contributed by atoms with E-state index in [0.29, 0.717) is 10.5 Å². The molecule has 1 heterocycles. The number of carboxylic acids is 1. The predicted octanol–water partition coefficient (Wildman–Crippen LogP) is -0.465. The van der Waals surface area contributed by atoms with Crippen LogP contribution in [0.25, 0.3) is 0 Å². The molecule has 0 radical (unpaired) electrons. The van der Waals surface area contributed by atoms with Gasteiger partial charge in [-0.15, -0.1) is 16.5 Å². The third kappa shape index (κ3) is 3.75. The third-order valence-corrected chi connectivity index (χ3v) is 2.87. The van der Waals surface area contributed by atoms with E-state index in [-0.39, 0.29) is 11.5 Å². The SMILES string of the molecule is Cc1cc(=O)n(C(=O)CSC[C@@H](N)C(=O)O)o1. The summed E-state index contributed by atoms with van der Waals surface area (Å²) in [5, 5.41) is 8.51. The first-order valence-corrected chi connectivity index (χ1v) is 5.86. The summed E-state index contributed by atoms with van der Waals surface area (Å²) < 4.78 is 5.52. The molecule has 0 bridgehead atoms. The second-order valence-corrected chi connectivity index (χ2v) is 4.36. The van der Waals surface area contributed by atoms with Crippen LogP contribution in [0, 0.1) is 6.92 Å². The summed E-state index contributed by atoms with van der Waals surface area (Å²) in [6.45, 7) is 1.55. The summed E-state index contributed by atoms with van der Waals surface area (Å²) in [5.74, 6) is -1.29. The highest BCUT2D eigenvalue weighted by molar-refractivity contribution is 8.00. The molecule has 0 aliphatic rings. The Bertz CT molecular complexity index is 478. The molecule has 0 aliphatic heterocycles. The van der Waals surface area contributed by atoms with E-state index in [2.05, 4.69) is 0 Å². The van der Waals surface area contributed by atoms with E-state index in [9.17, 15) is 14.4 Å². The summed E-state index contributed by atoms with van der Waals surface area (Å²) in [7, 11) is 0. The Morgan fingerprint density at radius 1 is 1.65 bits per heavy atom. The van der Waals surface area contributed by atoms with E-state index in [4.69, 9.17) is 15.4 Å². The molecule has 0 saturated carbocycles. The van der Waals surface area contributed by atoms with Gasteiger partial charge in [0.2, 0.25) is 0 Å². The number of aromatic nitrogens is 1. The lowest BCUT2D eigenvalue weighted by Crippen LogP contribution is -2.33. The van der Waals surface area contributed by atoms with Gasteiger partial charge in [-0.05, 0) is 6.92 Å². The number of nitrogens with two attached hydrogens (primary N) is 1. The van der Waals surface area contributed by atoms with E-state index in [1.54, 1.807) is 6.92 Å². The van der Waals surface area contributed by atoms with Crippen molar-refractivity contribution in [3.63, 3.8) is 0 Å². The van der Waals surface area contributed by atoms with Crippen molar-refractivity contribution in [2.24, 2.45) is 5.73 Å². The predicted molar refractivity (Wildman–Crippen MR) is 61.3 cm³/mol. The van der Waals surface area contributed by atoms with Crippen molar-refractivity contribution in [3.05, 3.63) is 22.2 Å². The number of aliphatic carboxylic acids is 1. The van der Waals surface area contributed by atoms with Crippen molar-refractivity contribution >= 4 is 23.6 Å². The van der Waals surface area contributed by atoms with Gasteiger partial charge in [-0.2, -0.15) is 0 Å². The Balaban J connectivity index is 2.48. The number of hydrogen-bond donors (Lipinski definition) is 2. The molecule has 0 spiro atoms. The van der Waals surface area contributed by atoms with Crippen molar-refractivity contribution in [1.82, 2.24) is 4.74 Å². The van der Waals surface area contributed by atoms with Gasteiger partial charge in [-0.3, -0.25) is 14.4 Å². The van der Waals surface area contributed by atoms with Crippen LogP contribution in [0.5, 0.6) is 0 Å². The topological polar surface area (TPSA) is 116 Å². The van der Waals surface area contributed by atoms with Gasteiger partial charge in [-0.1, -0.05) is 0 Å². The lowest BCUT2D eigenvalue weighted by Gasteiger charge is -2.04. The van der Waals surface area contributed by atoms with Crippen LogP contribution in [-0.2, 0) is 4.79 Å². The molecule has 0 saturated heterocycles. The molecule has 1 rings (SSSR count). The molecular formula is C9H12N2O5S. The minimum absolute atomic E-state index is 0.0617.